The molecule has 2 aliphatic rings. The quantitative estimate of drug-likeness (QED) is 0.231. The van der Waals surface area contributed by atoms with Crippen molar-refractivity contribution in [1.82, 2.24) is 0 Å². The molecule has 0 aliphatic heterocycles. The van der Waals surface area contributed by atoms with E-state index in [0.29, 0.717) is 12.2 Å². The van der Waals surface area contributed by atoms with Gasteiger partial charge in [-0.3, -0.25) is 9.36 Å². The highest BCUT2D eigenvalue weighted by atomic mass is 31.2. The van der Waals surface area contributed by atoms with E-state index in [1.807, 2.05) is 6.07 Å². The van der Waals surface area contributed by atoms with Gasteiger partial charge in [-0.1, -0.05) is 24.8 Å². The van der Waals surface area contributed by atoms with Gasteiger partial charge in [0.1, 0.15) is 5.75 Å². The number of para-hydroxylation sites is 1. The summed E-state index contributed by atoms with van der Waals surface area (Å²) >= 11 is 0. The second kappa shape index (κ2) is 8.66. The fraction of sp³-hybridized carbons (Fsp3) is 0.545. The fourth-order valence-electron chi connectivity index (χ4n) is 4.57. The van der Waals surface area contributed by atoms with Crippen molar-refractivity contribution in [3.8, 4) is 5.75 Å². The molecule has 0 N–H and O–H groups in total. The normalized spacial score (nSPS) is 27.2. The summed E-state index contributed by atoms with van der Waals surface area (Å²) in [5.74, 6) is -0.773. The number of rotatable bonds is 10. The zero-order valence-electron chi connectivity index (χ0n) is 17.7. The van der Waals surface area contributed by atoms with E-state index in [1.54, 1.807) is 45.0 Å². The summed E-state index contributed by atoms with van der Waals surface area (Å²) < 4.78 is 35.6. The molecule has 0 radical (unpaired) electrons. The molecule has 8 heteroatoms. The lowest BCUT2D eigenvalue weighted by Gasteiger charge is -2.35. The van der Waals surface area contributed by atoms with Gasteiger partial charge in [0.15, 0.2) is 5.16 Å². The highest BCUT2D eigenvalue weighted by molar-refractivity contribution is 7.56. The van der Waals surface area contributed by atoms with Crippen LogP contribution in [0.3, 0.4) is 0 Å². The SMILES string of the molecule is C=C(C(=O)Oc1ccccc1)C12CC1CC(C(=O)OCC)(P(=O)(OCC)OCC)C2. The Morgan fingerprint density at radius 1 is 1.07 bits per heavy atom. The zero-order valence-corrected chi connectivity index (χ0v) is 18.6. The lowest BCUT2D eigenvalue weighted by atomic mass is 9.90. The van der Waals surface area contributed by atoms with Gasteiger partial charge in [0.2, 0.25) is 0 Å². The molecule has 1 aromatic carbocycles. The molecule has 0 spiro atoms. The first-order valence-corrected chi connectivity index (χ1v) is 11.9. The van der Waals surface area contributed by atoms with E-state index in [9.17, 15) is 14.2 Å². The third-order valence-electron chi connectivity index (χ3n) is 6.00. The van der Waals surface area contributed by atoms with Gasteiger partial charge in [-0.15, -0.1) is 0 Å². The van der Waals surface area contributed by atoms with Crippen LogP contribution in [0.2, 0.25) is 0 Å². The average Bonchev–Trinajstić information content (AvgIpc) is 3.30. The van der Waals surface area contributed by atoms with E-state index in [0.717, 1.165) is 0 Å². The largest absolute Gasteiger partial charge is 0.465 e. The minimum absolute atomic E-state index is 0.0352. The lowest BCUT2D eigenvalue weighted by molar-refractivity contribution is -0.147. The lowest BCUT2D eigenvalue weighted by Crippen LogP contribution is -2.41. The van der Waals surface area contributed by atoms with E-state index in [1.165, 1.54) is 0 Å². The summed E-state index contributed by atoms with van der Waals surface area (Å²) in [4.78, 5) is 25.8. The fourth-order valence-corrected chi connectivity index (χ4v) is 7.03. The molecule has 164 valence electrons. The highest BCUT2D eigenvalue weighted by Gasteiger charge is 2.76. The number of carbonyl (C=O) groups excluding carboxylic acids is 2. The molecular weight excluding hydrogens is 407 g/mol. The number of carbonyl (C=O) groups is 2. The van der Waals surface area contributed by atoms with Crippen LogP contribution in [0, 0.1) is 11.3 Å². The molecule has 7 nitrogen and oxygen atoms in total. The number of hydrogen-bond donors (Lipinski definition) is 0. The van der Waals surface area contributed by atoms with Gasteiger partial charge in [-0.25, -0.2) is 4.79 Å². The Labute approximate surface area is 177 Å². The summed E-state index contributed by atoms with van der Waals surface area (Å²) in [6, 6.07) is 8.73. The summed E-state index contributed by atoms with van der Waals surface area (Å²) in [6.07, 6.45) is 1.07. The summed E-state index contributed by atoms with van der Waals surface area (Å²) in [5, 5.41) is -1.45. The van der Waals surface area contributed by atoms with Crippen molar-refractivity contribution >= 4 is 19.5 Å². The molecule has 0 saturated heterocycles. The second-order valence-corrected chi connectivity index (χ2v) is 10.1. The van der Waals surface area contributed by atoms with E-state index < -0.39 is 30.1 Å². The van der Waals surface area contributed by atoms with Gasteiger partial charge in [0.05, 0.1) is 19.8 Å². The van der Waals surface area contributed by atoms with E-state index in [4.69, 9.17) is 18.5 Å². The monoisotopic (exact) mass is 436 g/mol. The molecular formula is C22H29O7P. The molecule has 3 unspecified atom stereocenters. The van der Waals surface area contributed by atoms with Crippen molar-refractivity contribution < 1.29 is 32.7 Å². The maximum absolute atomic E-state index is 13.8. The van der Waals surface area contributed by atoms with Gasteiger partial charge in [-0.05, 0) is 58.1 Å². The summed E-state index contributed by atoms with van der Waals surface area (Å²) in [5.41, 5.74) is -0.385. The van der Waals surface area contributed by atoms with Crippen LogP contribution in [0.5, 0.6) is 5.75 Å². The molecule has 0 bridgehead atoms. The Hall–Kier alpha value is -1.95. The molecule has 2 aliphatic carbocycles. The Balaban J connectivity index is 1.89. The molecule has 0 amide bonds. The van der Waals surface area contributed by atoms with Crippen molar-refractivity contribution in [3.63, 3.8) is 0 Å². The molecule has 3 rings (SSSR count). The van der Waals surface area contributed by atoms with Crippen LogP contribution in [0.15, 0.2) is 42.5 Å². The average molecular weight is 436 g/mol. The van der Waals surface area contributed by atoms with Crippen LogP contribution in [0.25, 0.3) is 0 Å². The van der Waals surface area contributed by atoms with Crippen molar-refractivity contribution in [2.24, 2.45) is 11.3 Å². The van der Waals surface area contributed by atoms with Crippen molar-refractivity contribution in [3.05, 3.63) is 42.5 Å². The van der Waals surface area contributed by atoms with Crippen LogP contribution < -0.4 is 4.74 Å². The summed E-state index contributed by atoms with van der Waals surface area (Å²) in [6.45, 7) is 9.50. The predicted octanol–water partition coefficient (Wildman–Crippen LogP) is 4.52. The van der Waals surface area contributed by atoms with Crippen molar-refractivity contribution in [2.45, 2.75) is 45.2 Å². The molecule has 2 fully saturated rings. The van der Waals surface area contributed by atoms with Crippen LogP contribution in [0.4, 0.5) is 0 Å². The number of benzene rings is 1. The second-order valence-electron chi connectivity index (χ2n) is 7.70. The number of fused-ring (bicyclic) bond motifs is 1. The third kappa shape index (κ3) is 3.75. The van der Waals surface area contributed by atoms with Gasteiger partial charge in [-0.2, -0.15) is 0 Å². The number of hydrogen-bond acceptors (Lipinski definition) is 7. The molecule has 1 aromatic rings. The first-order valence-electron chi connectivity index (χ1n) is 10.3. The van der Waals surface area contributed by atoms with Crippen LogP contribution in [-0.2, 0) is 27.9 Å². The zero-order chi connectivity index (χ0) is 22.0. The Morgan fingerprint density at radius 2 is 1.70 bits per heavy atom. The van der Waals surface area contributed by atoms with Crippen LogP contribution in [-0.4, -0.2) is 36.9 Å². The van der Waals surface area contributed by atoms with Gasteiger partial charge in [0, 0.05) is 11.0 Å². The van der Waals surface area contributed by atoms with Crippen LogP contribution in [0.1, 0.15) is 40.0 Å². The minimum Gasteiger partial charge on any atom is -0.465 e. The van der Waals surface area contributed by atoms with Gasteiger partial charge in [0.25, 0.3) is 0 Å². The maximum atomic E-state index is 13.8. The maximum Gasteiger partial charge on any atom is 0.347 e. The molecule has 0 heterocycles. The molecule has 3 atom stereocenters. The number of esters is 2. The third-order valence-corrected chi connectivity index (χ3v) is 8.77. The Morgan fingerprint density at radius 3 is 2.27 bits per heavy atom. The van der Waals surface area contributed by atoms with Crippen molar-refractivity contribution in [2.75, 3.05) is 19.8 Å². The number of ether oxygens (including phenoxy) is 2. The van der Waals surface area contributed by atoms with Gasteiger partial charge >= 0.3 is 19.5 Å². The minimum atomic E-state index is -3.84. The smallest absolute Gasteiger partial charge is 0.347 e. The standard InChI is InChI=1S/C22H29O7P/c1-5-26-20(24)22(30(25,27-6-2)28-7-3)14-17-13-21(17,15-22)16(4)19(23)29-18-11-9-8-10-12-18/h8-12,17H,4-7,13-15H2,1-3H3. The van der Waals surface area contributed by atoms with Gasteiger partial charge < -0.3 is 18.5 Å². The summed E-state index contributed by atoms with van der Waals surface area (Å²) in [7, 11) is -3.84. The van der Waals surface area contributed by atoms with E-state index >= 15 is 0 Å². The highest BCUT2D eigenvalue weighted by Crippen LogP contribution is 2.79. The van der Waals surface area contributed by atoms with Crippen molar-refractivity contribution in [1.29, 1.82) is 0 Å². The first-order chi connectivity index (χ1) is 14.3. The Kier molecular flexibility index (Phi) is 6.56. The molecule has 30 heavy (non-hydrogen) atoms. The predicted molar refractivity (Wildman–Crippen MR) is 111 cm³/mol. The topological polar surface area (TPSA) is 88.1 Å². The molecule has 2 saturated carbocycles. The Bertz CT molecular complexity index is 857. The van der Waals surface area contributed by atoms with E-state index in [-0.39, 0.29) is 44.2 Å². The first kappa shape index (κ1) is 22.7. The van der Waals surface area contributed by atoms with Crippen LogP contribution >= 0.6 is 7.60 Å². The molecule has 0 aromatic heterocycles. The van der Waals surface area contributed by atoms with E-state index in [2.05, 4.69) is 6.58 Å².